The number of imidazole rings is 1. The fourth-order valence-corrected chi connectivity index (χ4v) is 2.84. The van der Waals surface area contributed by atoms with E-state index in [1.165, 1.54) is 11.1 Å². The first-order chi connectivity index (χ1) is 12.4. The Balaban J connectivity index is 1.85. The Hall–Kier alpha value is -2.63. The van der Waals surface area contributed by atoms with Gasteiger partial charge in [0.25, 0.3) is 0 Å². The Morgan fingerprint density at radius 3 is 2.50 bits per heavy atom. The highest BCUT2D eigenvalue weighted by Gasteiger charge is 2.14. The highest BCUT2D eigenvalue weighted by molar-refractivity contribution is 5.82. The lowest BCUT2D eigenvalue weighted by molar-refractivity contribution is 0.590. The molecule has 0 aliphatic rings. The molecule has 1 aromatic carbocycles. The fraction of sp³-hybridized carbons (Fsp3) is 0.450. The summed E-state index contributed by atoms with van der Waals surface area (Å²) in [5.74, 6) is 0.976. The Morgan fingerprint density at radius 1 is 1.12 bits per heavy atom. The topological polar surface area (TPSA) is 81.6 Å². The molecule has 0 saturated carbocycles. The van der Waals surface area contributed by atoms with Gasteiger partial charge in [0.05, 0.1) is 12.9 Å². The van der Waals surface area contributed by atoms with Gasteiger partial charge in [0.15, 0.2) is 11.5 Å². The molecule has 6 heteroatoms. The summed E-state index contributed by atoms with van der Waals surface area (Å²) in [5, 5.41) is 3.24. The van der Waals surface area contributed by atoms with E-state index in [1.54, 1.807) is 6.33 Å². The Bertz CT molecular complexity index is 874. The van der Waals surface area contributed by atoms with Crippen molar-refractivity contribution in [3.63, 3.8) is 0 Å². The summed E-state index contributed by atoms with van der Waals surface area (Å²) in [6, 6.07) is 8.71. The maximum atomic E-state index is 6.07. The standard InChI is InChI=1S/C20H28N6/c1-5-6-11-22-19-24-17(21)16-18(25-19)26(13-23-16)12-14-7-9-15(10-8-14)20(2,3)4/h7-10,13H,5-6,11-12H2,1-4H3,(H3,21,22,24,25). The SMILES string of the molecule is CCCCNc1nc(N)c2ncn(Cc3ccc(C(C)(C)C)cc3)c2n1. The molecule has 0 radical (unpaired) electrons. The number of nitrogens with two attached hydrogens (primary N) is 1. The van der Waals surface area contributed by atoms with Gasteiger partial charge in [-0.2, -0.15) is 9.97 Å². The lowest BCUT2D eigenvalue weighted by atomic mass is 9.87. The van der Waals surface area contributed by atoms with Gasteiger partial charge in [0.2, 0.25) is 5.95 Å². The van der Waals surface area contributed by atoms with Crippen molar-refractivity contribution in [2.45, 2.75) is 52.5 Å². The van der Waals surface area contributed by atoms with Gasteiger partial charge in [-0.05, 0) is 23.0 Å². The van der Waals surface area contributed by atoms with Crippen molar-refractivity contribution in [3.05, 3.63) is 41.7 Å². The number of hydrogen-bond donors (Lipinski definition) is 2. The molecule has 0 aliphatic heterocycles. The van der Waals surface area contributed by atoms with Crippen LogP contribution in [-0.2, 0) is 12.0 Å². The van der Waals surface area contributed by atoms with Crippen LogP contribution < -0.4 is 11.1 Å². The molecule has 3 N–H and O–H groups in total. The average molecular weight is 352 g/mol. The summed E-state index contributed by atoms with van der Waals surface area (Å²) in [4.78, 5) is 13.3. The number of benzene rings is 1. The van der Waals surface area contributed by atoms with Crippen LogP contribution in [0.2, 0.25) is 0 Å². The molecule has 0 amide bonds. The van der Waals surface area contributed by atoms with Crippen molar-refractivity contribution in [2.24, 2.45) is 0 Å². The first kappa shape index (κ1) is 18.2. The van der Waals surface area contributed by atoms with E-state index >= 15 is 0 Å². The van der Waals surface area contributed by atoms with Crippen molar-refractivity contribution in [1.29, 1.82) is 0 Å². The van der Waals surface area contributed by atoms with Crippen LogP contribution in [0.3, 0.4) is 0 Å². The third-order valence-electron chi connectivity index (χ3n) is 4.48. The van der Waals surface area contributed by atoms with Crippen molar-refractivity contribution in [2.75, 3.05) is 17.6 Å². The predicted octanol–water partition coefficient (Wildman–Crippen LogP) is 3.97. The summed E-state index contributed by atoms with van der Waals surface area (Å²) in [6.45, 7) is 10.4. The third kappa shape index (κ3) is 3.95. The van der Waals surface area contributed by atoms with E-state index in [0.717, 1.165) is 25.0 Å². The molecule has 138 valence electrons. The number of rotatable bonds is 6. The lowest BCUT2D eigenvalue weighted by Crippen LogP contribution is -2.11. The maximum Gasteiger partial charge on any atom is 0.226 e. The number of nitrogens with zero attached hydrogens (tertiary/aromatic N) is 4. The van der Waals surface area contributed by atoms with Crippen LogP contribution in [0.1, 0.15) is 51.7 Å². The summed E-state index contributed by atoms with van der Waals surface area (Å²) in [6.07, 6.45) is 3.97. The van der Waals surface area contributed by atoms with Crippen LogP contribution in [0, 0.1) is 0 Å². The van der Waals surface area contributed by atoms with E-state index in [0.29, 0.717) is 23.8 Å². The first-order valence-corrected chi connectivity index (χ1v) is 9.20. The van der Waals surface area contributed by atoms with Crippen LogP contribution >= 0.6 is 0 Å². The molecule has 3 aromatic rings. The Labute approximate surface area is 154 Å². The molecular formula is C20H28N6. The lowest BCUT2D eigenvalue weighted by Gasteiger charge is -2.19. The molecule has 0 bridgehead atoms. The average Bonchev–Trinajstić information content (AvgIpc) is 2.98. The molecule has 26 heavy (non-hydrogen) atoms. The second-order valence-electron chi connectivity index (χ2n) is 7.70. The highest BCUT2D eigenvalue weighted by atomic mass is 15.2. The van der Waals surface area contributed by atoms with Crippen LogP contribution in [0.5, 0.6) is 0 Å². The van der Waals surface area contributed by atoms with Crippen molar-refractivity contribution < 1.29 is 0 Å². The molecule has 2 aromatic heterocycles. The van der Waals surface area contributed by atoms with Gasteiger partial charge in [-0.1, -0.05) is 58.4 Å². The second-order valence-corrected chi connectivity index (χ2v) is 7.70. The quantitative estimate of drug-likeness (QED) is 0.656. The van der Waals surface area contributed by atoms with Gasteiger partial charge in [-0.15, -0.1) is 0 Å². The third-order valence-corrected chi connectivity index (χ3v) is 4.48. The van der Waals surface area contributed by atoms with Crippen LogP contribution in [0.25, 0.3) is 11.2 Å². The highest BCUT2D eigenvalue weighted by Crippen LogP contribution is 2.23. The smallest absolute Gasteiger partial charge is 0.226 e. The Morgan fingerprint density at radius 2 is 1.85 bits per heavy atom. The van der Waals surface area contributed by atoms with E-state index in [2.05, 4.69) is 72.2 Å². The van der Waals surface area contributed by atoms with Gasteiger partial charge < -0.3 is 15.6 Å². The van der Waals surface area contributed by atoms with Gasteiger partial charge in [-0.25, -0.2) is 4.98 Å². The first-order valence-electron chi connectivity index (χ1n) is 9.20. The van der Waals surface area contributed by atoms with E-state index in [9.17, 15) is 0 Å². The molecule has 0 unspecified atom stereocenters. The summed E-state index contributed by atoms with van der Waals surface area (Å²) in [5.41, 5.74) is 10.2. The zero-order valence-corrected chi connectivity index (χ0v) is 16.1. The van der Waals surface area contributed by atoms with Crippen molar-refractivity contribution in [1.82, 2.24) is 19.5 Å². The summed E-state index contributed by atoms with van der Waals surface area (Å²) >= 11 is 0. The predicted molar refractivity (Wildman–Crippen MR) is 107 cm³/mol. The fourth-order valence-electron chi connectivity index (χ4n) is 2.84. The summed E-state index contributed by atoms with van der Waals surface area (Å²) < 4.78 is 2.02. The van der Waals surface area contributed by atoms with Crippen molar-refractivity contribution >= 4 is 22.9 Å². The number of nitrogens with one attached hydrogen (secondary N) is 1. The van der Waals surface area contributed by atoms with E-state index in [-0.39, 0.29) is 5.41 Å². The van der Waals surface area contributed by atoms with Gasteiger partial charge in [0, 0.05) is 6.54 Å². The molecule has 2 heterocycles. The molecular weight excluding hydrogens is 324 g/mol. The number of aromatic nitrogens is 4. The van der Waals surface area contributed by atoms with Crippen LogP contribution in [-0.4, -0.2) is 26.1 Å². The molecule has 3 rings (SSSR count). The Kier molecular flexibility index (Phi) is 5.11. The molecule has 0 fully saturated rings. The normalized spacial score (nSPS) is 11.8. The van der Waals surface area contributed by atoms with E-state index in [1.807, 2.05) is 4.57 Å². The zero-order valence-electron chi connectivity index (χ0n) is 16.1. The van der Waals surface area contributed by atoms with E-state index in [4.69, 9.17) is 5.73 Å². The zero-order chi connectivity index (χ0) is 18.7. The molecule has 0 spiro atoms. The van der Waals surface area contributed by atoms with Crippen LogP contribution in [0.4, 0.5) is 11.8 Å². The van der Waals surface area contributed by atoms with Crippen LogP contribution in [0.15, 0.2) is 30.6 Å². The van der Waals surface area contributed by atoms with E-state index < -0.39 is 0 Å². The summed E-state index contributed by atoms with van der Waals surface area (Å²) in [7, 11) is 0. The largest absolute Gasteiger partial charge is 0.382 e. The number of nitrogen functional groups attached to an aromatic ring is 1. The van der Waals surface area contributed by atoms with Gasteiger partial charge in [0.1, 0.15) is 5.52 Å². The molecule has 0 aliphatic carbocycles. The number of hydrogen-bond acceptors (Lipinski definition) is 5. The molecule has 0 atom stereocenters. The van der Waals surface area contributed by atoms with Gasteiger partial charge >= 0.3 is 0 Å². The minimum Gasteiger partial charge on any atom is -0.382 e. The number of fused-ring (bicyclic) bond motifs is 1. The van der Waals surface area contributed by atoms with Gasteiger partial charge in [-0.3, -0.25) is 0 Å². The maximum absolute atomic E-state index is 6.07. The van der Waals surface area contributed by atoms with Crippen molar-refractivity contribution in [3.8, 4) is 0 Å². The number of unbranched alkanes of at least 4 members (excludes halogenated alkanes) is 1. The monoisotopic (exact) mass is 352 g/mol. The minimum absolute atomic E-state index is 0.154. The molecule has 6 nitrogen and oxygen atoms in total. The minimum atomic E-state index is 0.154. The second kappa shape index (κ2) is 7.32. The number of anilines is 2. The molecule has 0 saturated heterocycles.